The van der Waals surface area contributed by atoms with Crippen LogP contribution in [0.2, 0.25) is 0 Å². The SMILES string of the molecule is COc1cccc(-c2cc3ccc(C)cc3[nH]2)c1. The summed E-state index contributed by atoms with van der Waals surface area (Å²) in [5, 5.41) is 1.23. The first-order chi connectivity index (χ1) is 8.76. The molecule has 0 saturated carbocycles. The fourth-order valence-electron chi connectivity index (χ4n) is 2.19. The molecular weight excluding hydrogens is 222 g/mol. The van der Waals surface area contributed by atoms with Gasteiger partial charge in [-0.3, -0.25) is 0 Å². The summed E-state index contributed by atoms with van der Waals surface area (Å²) in [6, 6.07) is 16.7. The Balaban J connectivity index is 2.13. The van der Waals surface area contributed by atoms with E-state index in [4.69, 9.17) is 4.74 Å². The molecule has 90 valence electrons. The summed E-state index contributed by atoms with van der Waals surface area (Å²) >= 11 is 0. The molecule has 1 heterocycles. The van der Waals surface area contributed by atoms with Gasteiger partial charge in [0.25, 0.3) is 0 Å². The van der Waals surface area contributed by atoms with Crippen LogP contribution in [0, 0.1) is 6.92 Å². The largest absolute Gasteiger partial charge is 0.497 e. The third kappa shape index (κ3) is 1.86. The first-order valence-corrected chi connectivity index (χ1v) is 6.00. The van der Waals surface area contributed by atoms with Gasteiger partial charge in [-0.25, -0.2) is 0 Å². The molecule has 0 unspecified atom stereocenters. The summed E-state index contributed by atoms with van der Waals surface area (Å²) in [6.07, 6.45) is 0. The maximum Gasteiger partial charge on any atom is 0.119 e. The van der Waals surface area contributed by atoms with Crippen LogP contribution in [0.4, 0.5) is 0 Å². The van der Waals surface area contributed by atoms with Crippen LogP contribution >= 0.6 is 0 Å². The summed E-state index contributed by atoms with van der Waals surface area (Å²) in [5.41, 5.74) is 4.70. The zero-order valence-corrected chi connectivity index (χ0v) is 10.5. The van der Waals surface area contributed by atoms with Gasteiger partial charge in [-0.15, -0.1) is 0 Å². The van der Waals surface area contributed by atoms with Gasteiger partial charge in [0, 0.05) is 22.2 Å². The van der Waals surface area contributed by atoms with E-state index in [0.717, 1.165) is 17.0 Å². The Kier molecular flexibility index (Phi) is 2.56. The van der Waals surface area contributed by atoms with E-state index >= 15 is 0 Å². The third-order valence-electron chi connectivity index (χ3n) is 3.16. The van der Waals surface area contributed by atoms with Crippen LogP contribution in [0.25, 0.3) is 22.2 Å². The van der Waals surface area contributed by atoms with Crippen molar-refractivity contribution in [2.24, 2.45) is 0 Å². The molecule has 2 aromatic carbocycles. The van der Waals surface area contributed by atoms with Crippen LogP contribution in [0.3, 0.4) is 0 Å². The molecule has 3 rings (SSSR count). The van der Waals surface area contributed by atoms with Crippen molar-refractivity contribution in [1.29, 1.82) is 0 Å². The van der Waals surface area contributed by atoms with E-state index in [2.05, 4.69) is 42.2 Å². The molecule has 0 radical (unpaired) electrons. The van der Waals surface area contributed by atoms with E-state index in [-0.39, 0.29) is 0 Å². The number of rotatable bonds is 2. The molecule has 0 fully saturated rings. The summed E-state index contributed by atoms with van der Waals surface area (Å²) < 4.78 is 5.26. The van der Waals surface area contributed by atoms with E-state index in [1.165, 1.54) is 16.5 Å². The number of fused-ring (bicyclic) bond motifs is 1. The van der Waals surface area contributed by atoms with Gasteiger partial charge in [-0.2, -0.15) is 0 Å². The highest BCUT2D eigenvalue weighted by molar-refractivity contribution is 5.86. The second kappa shape index (κ2) is 4.22. The predicted octanol–water partition coefficient (Wildman–Crippen LogP) is 4.15. The van der Waals surface area contributed by atoms with Gasteiger partial charge in [0.1, 0.15) is 5.75 Å². The lowest BCUT2D eigenvalue weighted by Gasteiger charge is -2.02. The van der Waals surface area contributed by atoms with Crippen LogP contribution in [0.1, 0.15) is 5.56 Å². The van der Waals surface area contributed by atoms with Crippen LogP contribution < -0.4 is 4.74 Å². The molecule has 0 aliphatic carbocycles. The Morgan fingerprint density at radius 1 is 1.00 bits per heavy atom. The summed E-state index contributed by atoms with van der Waals surface area (Å²) in [5.74, 6) is 0.877. The van der Waals surface area contributed by atoms with Gasteiger partial charge >= 0.3 is 0 Å². The topological polar surface area (TPSA) is 25.0 Å². The van der Waals surface area contributed by atoms with Gasteiger partial charge in [0.05, 0.1) is 7.11 Å². The minimum atomic E-state index is 0.877. The first-order valence-electron chi connectivity index (χ1n) is 6.00. The quantitative estimate of drug-likeness (QED) is 0.711. The molecule has 1 aromatic heterocycles. The molecule has 0 spiro atoms. The van der Waals surface area contributed by atoms with Gasteiger partial charge in [0.2, 0.25) is 0 Å². The Hall–Kier alpha value is -2.22. The second-order valence-corrected chi connectivity index (χ2v) is 4.51. The lowest BCUT2D eigenvalue weighted by molar-refractivity contribution is 0.415. The van der Waals surface area contributed by atoms with Crippen molar-refractivity contribution in [3.63, 3.8) is 0 Å². The van der Waals surface area contributed by atoms with Crippen LogP contribution in [-0.2, 0) is 0 Å². The van der Waals surface area contributed by atoms with Crippen molar-refractivity contribution in [3.05, 3.63) is 54.1 Å². The summed E-state index contributed by atoms with van der Waals surface area (Å²) in [4.78, 5) is 3.45. The van der Waals surface area contributed by atoms with Crippen LogP contribution in [-0.4, -0.2) is 12.1 Å². The van der Waals surface area contributed by atoms with Crippen molar-refractivity contribution < 1.29 is 4.74 Å². The number of ether oxygens (including phenoxy) is 1. The average Bonchev–Trinajstić information content (AvgIpc) is 2.81. The average molecular weight is 237 g/mol. The summed E-state index contributed by atoms with van der Waals surface area (Å²) in [6.45, 7) is 2.10. The Morgan fingerprint density at radius 2 is 1.89 bits per heavy atom. The fourth-order valence-corrected chi connectivity index (χ4v) is 2.19. The predicted molar refractivity (Wildman–Crippen MR) is 75.0 cm³/mol. The molecule has 0 amide bonds. The van der Waals surface area contributed by atoms with E-state index in [0.29, 0.717) is 0 Å². The second-order valence-electron chi connectivity index (χ2n) is 4.51. The monoisotopic (exact) mass is 237 g/mol. The minimum absolute atomic E-state index is 0.877. The van der Waals surface area contributed by atoms with Crippen LogP contribution in [0.5, 0.6) is 5.75 Å². The first kappa shape index (κ1) is 10.9. The van der Waals surface area contributed by atoms with E-state index in [9.17, 15) is 0 Å². The lowest BCUT2D eigenvalue weighted by atomic mass is 10.1. The minimum Gasteiger partial charge on any atom is -0.497 e. The van der Waals surface area contributed by atoms with Crippen molar-refractivity contribution in [3.8, 4) is 17.0 Å². The van der Waals surface area contributed by atoms with E-state index < -0.39 is 0 Å². The highest BCUT2D eigenvalue weighted by Crippen LogP contribution is 2.27. The van der Waals surface area contributed by atoms with Crippen molar-refractivity contribution in [2.45, 2.75) is 6.92 Å². The molecule has 0 aliphatic heterocycles. The highest BCUT2D eigenvalue weighted by Gasteiger charge is 2.04. The number of H-pyrrole nitrogens is 1. The Morgan fingerprint density at radius 3 is 2.72 bits per heavy atom. The number of hydrogen-bond donors (Lipinski definition) is 1. The lowest BCUT2D eigenvalue weighted by Crippen LogP contribution is -1.83. The maximum absolute atomic E-state index is 5.26. The number of methoxy groups -OCH3 is 1. The van der Waals surface area contributed by atoms with Crippen molar-refractivity contribution in [1.82, 2.24) is 4.98 Å². The Labute approximate surface area is 106 Å². The summed E-state index contributed by atoms with van der Waals surface area (Å²) in [7, 11) is 1.69. The number of benzene rings is 2. The molecule has 0 bridgehead atoms. The molecule has 0 aliphatic rings. The Bertz CT molecular complexity index is 697. The van der Waals surface area contributed by atoms with Crippen LogP contribution in [0.15, 0.2) is 48.5 Å². The van der Waals surface area contributed by atoms with Gasteiger partial charge in [-0.1, -0.05) is 24.3 Å². The molecule has 3 aromatic rings. The number of aromatic nitrogens is 1. The van der Waals surface area contributed by atoms with Crippen molar-refractivity contribution in [2.75, 3.05) is 7.11 Å². The molecule has 2 heteroatoms. The molecule has 1 N–H and O–H groups in total. The maximum atomic E-state index is 5.26. The molecular formula is C16H15NO. The van der Waals surface area contributed by atoms with Crippen molar-refractivity contribution >= 4 is 10.9 Å². The number of aryl methyl sites for hydroxylation is 1. The normalized spacial score (nSPS) is 10.8. The smallest absolute Gasteiger partial charge is 0.119 e. The zero-order chi connectivity index (χ0) is 12.5. The standard InChI is InChI=1S/C16H15NO/c1-11-6-7-13-10-16(17-15(13)8-11)12-4-3-5-14(9-12)18-2/h3-10,17H,1-2H3. The number of nitrogens with one attached hydrogen (secondary N) is 1. The number of hydrogen-bond acceptors (Lipinski definition) is 1. The van der Waals surface area contributed by atoms with Gasteiger partial charge in [0.15, 0.2) is 0 Å². The zero-order valence-electron chi connectivity index (χ0n) is 10.5. The highest BCUT2D eigenvalue weighted by atomic mass is 16.5. The molecule has 0 saturated heterocycles. The van der Waals surface area contributed by atoms with Gasteiger partial charge in [-0.05, 0) is 36.8 Å². The van der Waals surface area contributed by atoms with Gasteiger partial charge < -0.3 is 9.72 Å². The molecule has 2 nitrogen and oxygen atoms in total. The fraction of sp³-hybridized carbons (Fsp3) is 0.125. The third-order valence-corrected chi connectivity index (χ3v) is 3.16. The van der Waals surface area contributed by atoms with E-state index in [1.54, 1.807) is 7.11 Å². The molecule has 18 heavy (non-hydrogen) atoms. The number of aromatic amines is 1. The molecule has 0 atom stereocenters. The van der Waals surface area contributed by atoms with E-state index in [1.807, 2.05) is 18.2 Å².